The number of aromatic nitrogens is 4. The molecule has 0 bridgehead atoms. The molecule has 2 aromatic rings. The quantitative estimate of drug-likeness (QED) is 0.845. The first-order valence-electron chi connectivity index (χ1n) is 5.92. The molecule has 5 heteroatoms. The summed E-state index contributed by atoms with van der Waals surface area (Å²) in [4.78, 5) is 4.33. The van der Waals surface area contributed by atoms with Gasteiger partial charge in [0.25, 0.3) is 0 Å². The summed E-state index contributed by atoms with van der Waals surface area (Å²) in [5.41, 5.74) is 1.04. The van der Waals surface area contributed by atoms with Crippen LogP contribution in [0.2, 0.25) is 0 Å². The summed E-state index contributed by atoms with van der Waals surface area (Å²) in [5, 5.41) is 11.6. The van der Waals surface area contributed by atoms with Crippen molar-refractivity contribution in [3.05, 3.63) is 42.2 Å². The molecular formula is C12H15N5. The summed E-state index contributed by atoms with van der Waals surface area (Å²) in [6, 6.07) is 5.96. The van der Waals surface area contributed by atoms with Gasteiger partial charge in [-0.3, -0.25) is 4.98 Å². The van der Waals surface area contributed by atoms with Crippen molar-refractivity contribution in [1.29, 1.82) is 0 Å². The second kappa shape index (κ2) is 4.63. The highest BCUT2D eigenvalue weighted by Gasteiger charge is 2.21. The monoisotopic (exact) mass is 229 g/mol. The second-order valence-corrected chi connectivity index (χ2v) is 4.33. The van der Waals surface area contributed by atoms with E-state index in [4.69, 9.17) is 0 Å². The van der Waals surface area contributed by atoms with Crippen molar-refractivity contribution in [1.82, 2.24) is 25.1 Å². The Morgan fingerprint density at radius 2 is 2.41 bits per heavy atom. The molecule has 0 saturated carbocycles. The Balaban J connectivity index is 1.81. The smallest absolute Gasteiger partial charge is 0.137 e. The average Bonchev–Trinajstić information content (AvgIpc) is 3.00. The largest absolute Gasteiger partial charge is 0.316 e. The van der Waals surface area contributed by atoms with Gasteiger partial charge in [0.2, 0.25) is 0 Å². The van der Waals surface area contributed by atoms with Gasteiger partial charge in [0, 0.05) is 18.7 Å². The van der Waals surface area contributed by atoms with E-state index in [0.717, 1.165) is 37.6 Å². The fourth-order valence-corrected chi connectivity index (χ4v) is 2.24. The van der Waals surface area contributed by atoms with Crippen LogP contribution in [0.3, 0.4) is 0 Å². The Bertz CT molecular complexity index is 473. The minimum absolute atomic E-state index is 0.487. The molecule has 0 spiro atoms. The van der Waals surface area contributed by atoms with E-state index >= 15 is 0 Å². The van der Waals surface area contributed by atoms with Crippen LogP contribution in [0.15, 0.2) is 30.7 Å². The summed E-state index contributed by atoms with van der Waals surface area (Å²) in [6.07, 6.45) is 4.75. The number of nitrogens with one attached hydrogen (secondary N) is 1. The van der Waals surface area contributed by atoms with Crippen molar-refractivity contribution in [3.63, 3.8) is 0 Å². The number of pyridine rings is 1. The summed E-state index contributed by atoms with van der Waals surface area (Å²) in [6.45, 7) is 2.82. The molecule has 1 saturated heterocycles. The molecule has 0 radical (unpaired) electrons. The SMILES string of the molecule is c1ccc(Cn2cnnc2C2CCNC2)nc1. The van der Waals surface area contributed by atoms with Gasteiger partial charge in [-0.15, -0.1) is 10.2 Å². The third-order valence-corrected chi connectivity index (χ3v) is 3.13. The van der Waals surface area contributed by atoms with Crippen LogP contribution < -0.4 is 5.32 Å². The summed E-state index contributed by atoms with van der Waals surface area (Å²) >= 11 is 0. The predicted molar refractivity (Wildman–Crippen MR) is 63.6 cm³/mol. The van der Waals surface area contributed by atoms with Crippen LogP contribution in [0.5, 0.6) is 0 Å². The molecule has 0 aromatic carbocycles. The normalized spacial score (nSPS) is 19.6. The fraction of sp³-hybridized carbons (Fsp3) is 0.417. The summed E-state index contributed by atoms with van der Waals surface area (Å²) < 4.78 is 2.10. The molecule has 88 valence electrons. The Morgan fingerprint density at radius 1 is 1.41 bits per heavy atom. The zero-order valence-electron chi connectivity index (χ0n) is 9.58. The van der Waals surface area contributed by atoms with E-state index in [1.807, 2.05) is 24.4 Å². The Hall–Kier alpha value is -1.75. The van der Waals surface area contributed by atoms with E-state index in [2.05, 4.69) is 25.1 Å². The molecule has 1 unspecified atom stereocenters. The Labute approximate surface area is 99.9 Å². The van der Waals surface area contributed by atoms with Gasteiger partial charge in [-0.1, -0.05) is 6.07 Å². The zero-order valence-corrected chi connectivity index (χ0v) is 9.58. The van der Waals surface area contributed by atoms with Crippen molar-refractivity contribution in [2.24, 2.45) is 0 Å². The maximum Gasteiger partial charge on any atom is 0.137 e. The summed E-state index contributed by atoms with van der Waals surface area (Å²) in [7, 11) is 0. The first-order chi connectivity index (χ1) is 8.43. The lowest BCUT2D eigenvalue weighted by atomic mass is 10.1. The molecule has 1 N–H and O–H groups in total. The van der Waals surface area contributed by atoms with Gasteiger partial charge in [0.1, 0.15) is 12.2 Å². The van der Waals surface area contributed by atoms with Gasteiger partial charge in [-0.05, 0) is 25.1 Å². The minimum atomic E-state index is 0.487. The molecule has 1 aliphatic heterocycles. The zero-order chi connectivity index (χ0) is 11.5. The molecule has 3 heterocycles. The lowest BCUT2D eigenvalue weighted by molar-refractivity contribution is 0.626. The molecule has 17 heavy (non-hydrogen) atoms. The van der Waals surface area contributed by atoms with Crippen LogP contribution in [0, 0.1) is 0 Å². The van der Waals surface area contributed by atoms with E-state index in [-0.39, 0.29) is 0 Å². The highest BCUT2D eigenvalue weighted by Crippen LogP contribution is 2.20. The van der Waals surface area contributed by atoms with E-state index in [1.54, 1.807) is 6.33 Å². The number of hydrogen-bond donors (Lipinski definition) is 1. The number of hydrogen-bond acceptors (Lipinski definition) is 4. The molecule has 1 aliphatic rings. The molecule has 1 atom stereocenters. The van der Waals surface area contributed by atoms with Gasteiger partial charge in [0.05, 0.1) is 12.2 Å². The maximum atomic E-state index is 4.33. The molecular weight excluding hydrogens is 214 g/mol. The first kappa shape index (κ1) is 10.4. The highest BCUT2D eigenvalue weighted by molar-refractivity contribution is 5.07. The predicted octanol–water partition coefficient (Wildman–Crippen LogP) is 0.798. The third kappa shape index (κ3) is 2.19. The van der Waals surface area contributed by atoms with E-state index in [9.17, 15) is 0 Å². The van der Waals surface area contributed by atoms with Crippen LogP contribution in [-0.2, 0) is 6.54 Å². The van der Waals surface area contributed by atoms with Crippen LogP contribution >= 0.6 is 0 Å². The highest BCUT2D eigenvalue weighted by atomic mass is 15.3. The fourth-order valence-electron chi connectivity index (χ4n) is 2.24. The number of rotatable bonds is 3. The van der Waals surface area contributed by atoms with E-state index < -0.39 is 0 Å². The molecule has 3 rings (SSSR count). The lowest BCUT2D eigenvalue weighted by Crippen LogP contribution is -2.13. The van der Waals surface area contributed by atoms with Gasteiger partial charge in [-0.2, -0.15) is 0 Å². The van der Waals surface area contributed by atoms with Crippen LogP contribution in [-0.4, -0.2) is 32.8 Å². The van der Waals surface area contributed by atoms with Crippen molar-refractivity contribution in [3.8, 4) is 0 Å². The van der Waals surface area contributed by atoms with Crippen molar-refractivity contribution >= 4 is 0 Å². The Kier molecular flexibility index (Phi) is 2.83. The minimum Gasteiger partial charge on any atom is -0.316 e. The van der Waals surface area contributed by atoms with E-state index in [1.165, 1.54) is 0 Å². The van der Waals surface area contributed by atoms with Gasteiger partial charge >= 0.3 is 0 Å². The summed E-state index contributed by atoms with van der Waals surface area (Å²) in [5.74, 6) is 1.56. The van der Waals surface area contributed by atoms with Crippen LogP contribution in [0.25, 0.3) is 0 Å². The standard InChI is InChI=1S/C12H15N5/c1-2-5-14-11(3-1)8-17-9-15-16-12(17)10-4-6-13-7-10/h1-3,5,9-10,13H,4,6-8H2. The van der Waals surface area contributed by atoms with Gasteiger partial charge in [0.15, 0.2) is 0 Å². The second-order valence-electron chi connectivity index (χ2n) is 4.33. The van der Waals surface area contributed by atoms with E-state index in [0.29, 0.717) is 5.92 Å². The third-order valence-electron chi connectivity index (χ3n) is 3.13. The first-order valence-corrected chi connectivity index (χ1v) is 5.92. The molecule has 2 aromatic heterocycles. The van der Waals surface area contributed by atoms with Crippen molar-refractivity contribution < 1.29 is 0 Å². The average molecular weight is 229 g/mol. The van der Waals surface area contributed by atoms with Crippen molar-refractivity contribution in [2.75, 3.05) is 13.1 Å². The Morgan fingerprint density at radius 3 is 3.18 bits per heavy atom. The topological polar surface area (TPSA) is 55.6 Å². The molecule has 1 fully saturated rings. The lowest BCUT2D eigenvalue weighted by Gasteiger charge is -2.10. The number of nitrogens with zero attached hydrogens (tertiary/aromatic N) is 4. The maximum absolute atomic E-state index is 4.33. The van der Waals surface area contributed by atoms with Gasteiger partial charge < -0.3 is 9.88 Å². The molecule has 0 amide bonds. The van der Waals surface area contributed by atoms with Crippen LogP contribution in [0.4, 0.5) is 0 Å². The molecule has 0 aliphatic carbocycles. The van der Waals surface area contributed by atoms with Gasteiger partial charge in [-0.25, -0.2) is 0 Å². The van der Waals surface area contributed by atoms with Crippen molar-refractivity contribution in [2.45, 2.75) is 18.9 Å². The van der Waals surface area contributed by atoms with Crippen LogP contribution in [0.1, 0.15) is 23.9 Å². The molecule has 5 nitrogen and oxygen atoms in total.